The van der Waals surface area contributed by atoms with Gasteiger partial charge in [-0.05, 0) is 39.0 Å². The zero-order chi connectivity index (χ0) is 12.3. The minimum Gasteiger partial charge on any atom is -0.339 e. The molecule has 0 aromatic carbocycles. The third-order valence-electron chi connectivity index (χ3n) is 3.28. The van der Waals surface area contributed by atoms with Crippen molar-refractivity contribution in [3.8, 4) is 6.07 Å². The van der Waals surface area contributed by atoms with Crippen LogP contribution in [0, 0.1) is 22.7 Å². The molecule has 1 fully saturated rings. The highest BCUT2D eigenvalue weighted by Gasteiger charge is 2.47. The minimum atomic E-state index is -0.695. The summed E-state index contributed by atoms with van der Waals surface area (Å²) in [6.07, 6.45) is 2.49. The van der Waals surface area contributed by atoms with Gasteiger partial charge in [0.1, 0.15) is 5.41 Å². The number of hydrogen-bond acceptors (Lipinski definition) is 2. The summed E-state index contributed by atoms with van der Waals surface area (Å²) in [5.41, 5.74) is -0.695. The van der Waals surface area contributed by atoms with Crippen LogP contribution in [0.25, 0.3) is 0 Å². The normalized spacial score (nSPS) is 18.1. The van der Waals surface area contributed by atoms with E-state index < -0.39 is 5.41 Å². The largest absolute Gasteiger partial charge is 0.339 e. The molecular weight excluding hydrogens is 200 g/mol. The van der Waals surface area contributed by atoms with E-state index in [1.807, 2.05) is 18.7 Å². The van der Waals surface area contributed by atoms with E-state index in [2.05, 4.69) is 19.9 Å². The first-order valence-corrected chi connectivity index (χ1v) is 6.15. The molecule has 0 unspecified atom stereocenters. The molecule has 0 N–H and O–H groups in total. The van der Waals surface area contributed by atoms with E-state index in [-0.39, 0.29) is 11.9 Å². The molecule has 1 aliphatic rings. The maximum atomic E-state index is 12.4. The van der Waals surface area contributed by atoms with Crippen LogP contribution in [-0.2, 0) is 4.79 Å². The van der Waals surface area contributed by atoms with Gasteiger partial charge in [0.15, 0.2) is 0 Å². The van der Waals surface area contributed by atoms with Gasteiger partial charge >= 0.3 is 0 Å². The van der Waals surface area contributed by atoms with Crippen LogP contribution in [0.2, 0.25) is 0 Å². The van der Waals surface area contributed by atoms with Crippen molar-refractivity contribution in [1.82, 2.24) is 4.90 Å². The summed E-state index contributed by atoms with van der Waals surface area (Å²) in [5.74, 6) is 0.493. The maximum Gasteiger partial charge on any atom is 0.243 e. The second-order valence-corrected chi connectivity index (χ2v) is 5.49. The van der Waals surface area contributed by atoms with Crippen molar-refractivity contribution in [3.63, 3.8) is 0 Å². The van der Waals surface area contributed by atoms with Gasteiger partial charge in [-0.2, -0.15) is 5.26 Å². The van der Waals surface area contributed by atoms with E-state index in [0.29, 0.717) is 5.92 Å². The Balaban J connectivity index is 2.79. The number of carbonyl (C=O) groups excluding carboxylic acids is 1. The van der Waals surface area contributed by atoms with Crippen molar-refractivity contribution < 1.29 is 4.79 Å². The zero-order valence-corrected chi connectivity index (χ0v) is 10.8. The molecule has 0 spiro atoms. The smallest absolute Gasteiger partial charge is 0.243 e. The molecule has 1 aliphatic carbocycles. The molecule has 0 bridgehead atoms. The number of hydrogen-bond donors (Lipinski definition) is 0. The van der Waals surface area contributed by atoms with Crippen molar-refractivity contribution in [1.29, 1.82) is 5.26 Å². The Hall–Kier alpha value is -1.04. The molecule has 0 atom stereocenters. The molecule has 3 heteroatoms. The lowest BCUT2D eigenvalue weighted by Gasteiger charge is -2.40. The lowest BCUT2D eigenvalue weighted by molar-refractivity contribution is -0.145. The average Bonchev–Trinajstić information content (AvgIpc) is 2.12. The van der Waals surface area contributed by atoms with Gasteiger partial charge in [-0.15, -0.1) is 0 Å². The van der Waals surface area contributed by atoms with Crippen LogP contribution in [-0.4, -0.2) is 23.4 Å². The van der Waals surface area contributed by atoms with Crippen LogP contribution in [0.5, 0.6) is 0 Å². The standard InChI is InChI=1S/C13H22N2O/c1-10(2)8-15(11(3)4)12(16)13(9-14)6-5-7-13/h10-11H,5-8H2,1-4H3. The van der Waals surface area contributed by atoms with Crippen LogP contribution in [0.1, 0.15) is 47.0 Å². The summed E-state index contributed by atoms with van der Waals surface area (Å²) in [6.45, 7) is 8.99. The molecule has 0 saturated heterocycles. The SMILES string of the molecule is CC(C)CN(C(=O)C1(C#N)CCC1)C(C)C. The number of carbonyl (C=O) groups is 1. The van der Waals surface area contributed by atoms with Crippen LogP contribution in [0.4, 0.5) is 0 Å². The maximum absolute atomic E-state index is 12.4. The molecule has 3 nitrogen and oxygen atoms in total. The highest BCUT2D eigenvalue weighted by Crippen LogP contribution is 2.42. The van der Waals surface area contributed by atoms with Gasteiger partial charge in [-0.1, -0.05) is 13.8 Å². The summed E-state index contributed by atoms with van der Waals surface area (Å²) in [5, 5.41) is 9.17. The Morgan fingerprint density at radius 1 is 1.38 bits per heavy atom. The van der Waals surface area contributed by atoms with Crippen molar-refractivity contribution in [2.75, 3.05) is 6.54 Å². The number of nitrogens with zero attached hydrogens (tertiary/aromatic N) is 2. The second-order valence-electron chi connectivity index (χ2n) is 5.49. The Labute approximate surface area is 98.4 Å². The quantitative estimate of drug-likeness (QED) is 0.733. The predicted octanol–water partition coefficient (Wildman–Crippen LogP) is 2.57. The Kier molecular flexibility index (Phi) is 3.96. The first kappa shape index (κ1) is 13.0. The van der Waals surface area contributed by atoms with Crippen molar-refractivity contribution in [2.24, 2.45) is 11.3 Å². The summed E-state index contributed by atoms with van der Waals surface area (Å²) in [7, 11) is 0. The highest BCUT2D eigenvalue weighted by molar-refractivity contribution is 5.86. The molecule has 1 amide bonds. The first-order valence-electron chi connectivity index (χ1n) is 6.15. The van der Waals surface area contributed by atoms with Crippen molar-refractivity contribution in [3.05, 3.63) is 0 Å². The van der Waals surface area contributed by atoms with E-state index >= 15 is 0 Å². The monoisotopic (exact) mass is 222 g/mol. The second kappa shape index (κ2) is 4.86. The molecule has 0 aromatic heterocycles. The lowest BCUT2D eigenvalue weighted by Crippen LogP contribution is -2.50. The number of rotatable bonds is 4. The van der Waals surface area contributed by atoms with Gasteiger partial charge < -0.3 is 4.90 Å². The Bertz CT molecular complexity index is 298. The van der Waals surface area contributed by atoms with Crippen LogP contribution in [0.15, 0.2) is 0 Å². The molecule has 0 heterocycles. The van der Waals surface area contributed by atoms with Gasteiger partial charge in [-0.3, -0.25) is 4.79 Å². The summed E-state index contributed by atoms with van der Waals surface area (Å²) >= 11 is 0. The molecule has 0 radical (unpaired) electrons. The average molecular weight is 222 g/mol. The van der Waals surface area contributed by atoms with Crippen molar-refractivity contribution >= 4 is 5.91 Å². The first-order chi connectivity index (χ1) is 7.43. The van der Waals surface area contributed by atoms with Gasteiger partial charge in [0.25, 0.3) is 0 Å². The summed E-state index contributed by atoms with van der Waals surface area (Å²) in [6, 6.07) is 2.41. The van der Waals surface area contributed by atoms with E-state index in [9.17, 15) is 10.1 Å². The number of amides is 1. The third-order valence-corrected chi connectivity index (χ3v) is 3.28. The van der Waals surface area contributed by atoms with Crippen LogP contribution in [0.3, 0.4) is 0 Å². The fourth-order valence-corrected chi connectivity index (χ4v) is 2.10. The fraction of sp³-hybridized carbons (Fsp3) is 0.846. The van der Waals surface area contributed by atoms with Gasteiger partial charge in [-0.25, -0.2) is 0 Å². The van der Waals surface area contributed by atoms with E-state index in [4.69, 9.17) is 0 Å². The van der Waals surface area contributed by atoms with E-state index in [1.54, 1.807) is 0 Å². The van der Waals surface area contributed by atoms with Crippen LogP contribution < -0.4 is 0 Å². The van der Waals surface area contributed by atoms with Gasteiger partial charge in [0.2, 0.25) is 5.91 Å². The topological polar surface area (TPSA) is 44.1 Å². The predicted molar refractivity (Wildman–Crippen MR) is 63.6 cm³/mol. The summed E-state index contributed by atoms with van der Waals surface area (Å²) < 4.78 is 0. The van der Waals surface area contributed by atoms with Crippen molar-refractivity contribution in [2.45, 2.75) is 53.0 Å². The summed E-state index contributed by atoms with van der Waals surface area (Å²) in [4.78, 5) is 14.2. The Morgan fingerprint density at radius 3 is 2.19 bits per heavy atom. The third kappa shape index (κ3) is 2.37. The van der Waals surface area contributed by atoms with E-state index in [1.165, 1.54) is 0 Å². The highest BCUT2D eigenvalue weighted by atomic mass is 16.2. The molecule has 1 rings (SSSR count). The zero-order valence-electron chi connectivity index (χ0n) is 10.8. The number of nitriles is 1. The minimum absolute atomic E-state index is 0.0463. The lowest BCUT2D eigenvalue weighted by atomic mass is 9.68. The van der Waals surface area contributed by atoms with E-state index in [0.717, 1.165) is 25.8 Å². The Morgan fingerprint density at radius 2 is 1.94 bits per heavy atom. The van der Waals surface area contributed by atoms with Crippen LogP contribution >= 0.6 is 0 Å². The molecule has 0 aliphatic heterocycles. The van der Waals surface area contributed by atoms with Gasteiger partial charge in [0, 0.05) is 12.6 Å². The fourth-order valence-electron chi connectivity index (χ4n) is 2.10. The molecule has 0 aromatic rings. The molecule has 16 heavy (non-hydrogen) atoms. The molecule has 90 valence electrons. The van der Waals surface area contributed by atoms with Gasteiger partial charge in [0.05, 0.1) is 6.07 Å². The molecular formula is C13H22N2O. The molecule has 1 saturated carbocycles.